The largest absolute Gasteiger partial charge is 0.504 e. The van der Waals surface area contributed by atoms with Gasteiger partial charge in [-0.15, -0.1) is 0 Å². The smallest absolute Gasteiger partial charge is 0.416 e. The third-order valence-electron chi connectivity index (χ3n) is 1.74. The number of rotatable bonds is 1. The van der Waals surface area contributed by atoms with Crippen LogP contribution in [0.25, 0.3) is 0 Å². The molecule has 78 valence electrons. The second-order valence-corrected chi connectivity index (χ2v) is 2.71. The number of halogens is 4. The molecule has 0 saturated heterocycles. The first-order valence-electron chi connectivity index (χ1n) is 3.74. The summed E-state index contributed by atoms with van der Waals surface area (Å²) in [6.45, 7) is -0.104. The minimum Gasteiger partial charge on any atom is -0.504 e. The van der Waals surface area contributed by atoms with Crippen LogP contribution >= 0.6 is 0 Å². The molecule has 0 aliphatic carbocycles. The zero-order chi connectivity index (χ0) is 10.9. The quantitative estimate of drug-likeness (QED) is 0.674. The molecule has 0 bridgehead atoms. The highest BCUT2D eigenvalue weighted by atomic mass is 19.4. The third-order valence-corrected chi connectivity index (χ3v) is 1.74. The number of hydrogen-bond acceptors (Lipinski definition) is 1. The van der Waals surface area contributed by atoms with Crippen molar-refractivity contribution in [1.82, 2.24) is 0 Å². The molecule has 0 aliphatic heterocycles. The molecular formula is C8H8F4NO+. The van der Waals surface area contributed by atoms with Crippen molar-refractivity contribution in [2.75, 3.05) is 0 Å². The van der Waals surface area contributed by atoms with E-state index in [0.717, 1.165) is 0 Å². The van der Waals surface area contributed by atoms with E-state index in [-0.39, 0.29) is 18.2 Å². The molecule has 1 aromatic carbocycles. The first-order chi connectivity index (χ1) is 6.36. The van der Waals surface area contributed by atoms with Crippen LogP contribution in [0, 0.1) is 5.82 Å². The molecule has 6 heteroatoms. The van der Waals surface area contributed by atoms with Gasteiger partial charge in [0.05, 0.1) is 11.1 Å². The van der Waals surface area contributed by atoms with E-state index in [1.807, 2.05) is 0 Å². The Hall–Kier alpha value is -1.30. The first-order valence-corrected chi connectivity index (χ1v) is 3.74. The third kappa shape index (κ3) is 1.95. The van der Waals surface area contributed by atoms with Crippen molar-refractivity contribution in [3.8, 4) is 5.75 Å². The van der Waals surface area contributed by atoms with E-state index in [2.05, 4.69) is 5.73 Å². The lowest BCUT2D eigenvalue weighted by atomic mass is 10.1. The standard InChI is InChI=1S/C8H7F4NO/c9-6-2-5(8(10,11)12)1-4(3-13)7(6)14/h1-2,14H,3,13H2/p+1. The fourth-order valence-electron chi connectivity index (χ4n) is 1.01. The Labute approximate surface area is 77.0 Å². The second-order valence-electron chi connectivity index (χ2n) is 2.71. The Morgan fingerprint density at radius 3 is 2.29 bits per heavy atom. The molecule has 0 fully saturated rings. The van der Waals surface area contributed by atoms with Crippen molar-refractivity contribution < 1.29 is 28.4 Å². The minimum absolute atomic E-state index is 0.104. The van der Waals surface area contributed by atoms with Gasteiger partial charge in [0.1, 0.15) is 6.54 Å². The zero-order valence-electron chi connectivity index (χ0n) is 7.03. The lowest BCUT2D eigenvalue weighted by molar-refractivity contribution is -0.386. The van der Waals surface area contributed by atoms with Gasteiger partial charge < -0.3 is 10.8 Å². The van der Waals surface area contributed by atoms with E-state index < -0.39 is 23.3 Å². The van der Waals surface area contributed by atoms with Gasteiger partial charge in [-0.25, -0.2) is 4.39 Å². The van der Waals surface area contributed by atoms with Gasteiger partial charge in [-0.3, -0.25) is 0 Å². The fraction of sp³-hybridized carbons (Fsp3) is 0.250. The van der Waals surface area contributed by atoms with Crippen LogP contribution in [-0.2, 0) is 12.7 Å². The van der Waals surface area contributed by atoms with E-state index in [0.29, 0.717) is 6.07 Å². The Bertz CT molecular complexity index is 348. The summed E-state index contributed by atoms with van der Waals surface area (Å²) in [4.78, 5) is 0. The van der Waals surface area contributed by atoms with Gasteiger partial charge >= 0.3 is 6.18 Å². The monoisotopic (exact) mass is 210 g/mol. The molecule has 1 aromatic rings. The van der Waals surface area contributed by atoms with Crippen molar-refractivity contribution in [1.29, 1.82) is 0 Å². The summed E-state index contributed by atoms with van der Waals surface area (Å²) >= 11 is 0. The molecule has 0 radical (unpaired) electrons. The van der Waals surface area contributed by atoms with Crippen molar-refractivity contribution in [2.24, 2.45) is 0 Å². The Balaban J connectivity index is 3.30. The van der Waals surface area contributed by atoms with E-state index in [1.54, 1.807) is 0 Å². The van der Waals surface area contributed by atoms with E-state index in [9.17, 15) is 17.6 Å². The number of phenols is 1. The summed E-state index contributed by atoms with van der Waals surface area (Å²) in [5.41, 5.74) is 2.01. The molecule has 0 atom stereocenters. The first kappa shape index (κ1) is 10.8. The van der Waals surface area contributed by atoms with Gasteiger partial charge in [0.15, 0.2) is 11.6 Å². The average molecular weight is 210 g/mol. The van der Waals surface area contributed by atoms with Crippen LogP contribution in [0.1, 0.15) is 11.1 Å². The van der Waals surface area contributed by atoms with Crippen LogP contribution in [0.15, 0.2) is 12.1 Å². The summed E-state index contributed by atoms with van der Waals surface area (Å²) in [7, 11) is 0. The lowest BCUT2D eigenvalue weighted by Crippen LogP contribution is -2.47. The van der Waals surface area contributed by atoms with Crippen LogP contribution in [0.3, 0.4) is 0 Å². The van der Waals surface area contributed by atoms with Crippen molar-refractivity contribution in [3.05, 3.63) is 29.1 Å². The maximum Gasteiger partial charge on any atom is 0.416 e. The van der Waals surface area contributed by atoms with Crippen LogP contribution in [0.5, 0.6) is 5.75 Å². The van der Waals surface area contributed by atoms with E-state index in [4.69, 9.17) is 5.11 Å². The molecule has 0 amide bonds. The molecule has 0 spiro atoms. The lowest BCUT2D eigenvalue weighted by Gasteiger charge is -2.09. The Morgan fingerprint density at radius 2 is 1.86 bits per heavy atom. The second kappa shape index (κ2) is 3.45. The van der Waals surface area contributed by atoms with Crippen LogP contribution < -0.4 is 5.73 Å². The molecule has 0 aliphatic rings. The number of alkyl halides is 3. The van der Waals surface area contributed by atoms with Crippen molar-refractivity contribution >= 4 is 0 Å². The maximum atomic E-state index is 12.8. The highest BCUT2D eigenvalue weighted by Crippen LogP contribution is 2.33. The molecule has 4 N–H and O–H groups in total. The van der Waals surface area contributed by atoms with Crippen molar-refractivity contribution in [3.63, 3.8) is 0 Å². The number of benzene rings is 1. The van der Waals surface area contributed by atoms with Gasteiger partial charge in [-0.1, -0.05) is 0 Å². The van der Waals surface area contributed by atoms with Crippen LogP contribution in [0.2, 0.25) is 0 Å². The number of phenolic OH excluding ortho intramolecular Hbond substituents is 1. The molecular weight excluding hydrogens is 202 g/mol. The highest BCUT2D eigenvalue weighted by Gasteiger charge is 2.32. The molecule has 1 rings (SSSR count). The molecule has 0 aromatic heterocycles. The summed E-state index contributed by atoms with van der Waals surface area (Å²) in [6.07, 6.45) is -4.61. The highest BCUT2D eigenvalue weighted by molar-refractivity contribution is 5.38. The molecule has 0 heterocycles. The zero-order valence-corrected chi connectivity index (χ0v) is 7.03. The summed E-state index contributed by atoms with van der Waals surface area (Å²) in [5, 5.41) is 9.01. The fourth-order valence-corrected chi connectivity index (χ4v) is 1.01. The Morgan fingerprint density at radius 1 is 1.29 bits per heavy atom. The van der Waals surface area contributed by atoms with Gasteiger partial charge in [0, 0.05) is 0 Å². The minimum atomic E-state index is -4.61. The van der Waals surface area contributed by atoms with Gasteiger partial charge in [0.25, 0.3) is 0 Å². The maximum absolute atomic E-state index is 12.8. The molecule has 2 nitrogen and oxygen atoms in total. The number of hydrogen-bond donors (Lipinski definition) is 2. The summed E-state index contributed by atoms with van der Waals surface area (Å²) < 4.78 is 49.2. The molecule has 0 unspecified atom stereocenters. The predicted molar refractivity (Wildman–Crippen MR) is 39.7 cm³/mol. The SMILES string of the molecule is [NH3+]Cc1cc(C(F)(F)F)cc(F)c1O. The molecule has 0 saturated carbocycles. The van der Waals surface area contributed by atoms with Crippen LogP contribution in [0.4, 0.5) is 17.6 Å². The van der Waals surface area contributed by atoms with Gasteiger partial charge in [0.2, 0.25) is 0 Å². The predicted octanol–water partition coefficient (Wildman–Crippen LogP) is 1.29. The average Bonchev–Trinajstić information content (AvgIpc) is 2.07. The number of quaternary nitrogens is 1. The topological polar surface area (TPSA) is 47.9 Å². The van der Waals surface area contributed by atoms with E-state index in [1.165, 1.54) is 0 Å². The Kier molecular flexibility index (Phi) is 2.66. The van der Waals surface area contributed by atoms with Crippen LogP contribution in [-0.4, -0.2) is 5.11 Å². The summed E-state index contributed by atoms with van der Waals surface area (Å²) in [6, 6.07) is 0.944. The normalized spacial score (nSPS) is 11.8. The number of aromatic hydroxyl groups is 1. The van der Waals surface area contributed by atoms with Gasteiger partial charge in [-0.05, 0) is 12.1 Å². The van der Waals surface area contributed by atoms with E-state index >= 15 is 0 Å². The summed E-state index contributed by atoms with van der Waals surface area (Å²) in [5.74, 6) is -2.05. The molecule has 14 heavy (non-hydrogen) atoms. The van der Waals surface area contributed by atoms with Crippen molar-refractivity contribution in [2.45, 2.75) is 12.7 Å². The van der Waals surface area contributed by atoms with Gasteiger partial charge in [-0.2, -0.15) is 13.2 Å².